The van der Waals surface area contributed by atoms with E-state index < -0.39 is 36.9 Å². The third kappa shape index (κ3) is 19.3. The zero-order chi connectivity index (χ0) is 31.9. The van der Waals surface area contributed by atoms with E-state index in [4.69, 9.17) is 37.8 Å². The molecule has 1 aliphatic rings. The Kier molecular flexibility index (Phi) is 21.5. The van der Waals surface area contributed by atoms with Crippen LogP contribution < -0.4 is 10.6 Å². The van der Waals surface area contributed by atoms with Gasteiger partial charge in [0.1, 0.15) is 25.7 Å². The largest absolute Gasteiger partial charge is 0.449 e. The van der Waals surface area contributed by atoms with Crippen molar-refractivity contribution in [3.05, 3.63) is 0 Å². The molecule has 0 aromatic heterocycles. The summed E-state index contributed by atoms with van der Waals surface area (Å²) >= 11 is 1.39. The fraction of sp³-hybridized carbons (Fsp3) is 0.846. The standard InChI is InChI=1S/C26H47N2O13PS/c1-35-11-13-37-10-8-27-25(31)39-17-20(18-40-26(32)28-19-38-14-12-36-2)23-21(29)16-22(24(23)30)43-15-7-5-4-6-9-41-42(3,33)34/h20,22-23H,4-19H2,1-3H3,(H,27,31)(H,28,32)(H,33,34). The number of hydrogen-bond acceptors (Lipinski definition) is 13. The fourth-order valence-electron chi connectivity index (χ4n) is 3.92. The number of ether oxygens (including phenoxy) is 6. The highest BCUT2D eigenvalue weighted by molar-refractivity contribution is 8.00. The van der Waals surface area contributed by atoms with Crippen molar-refractivity contribution in [2.75, 3.05) is 92.8 Å². The average molecular weight is 659 g/mol. The van der Waals surface area contributed by atoms with Gasteiger partial charge in [0.05, 0.1) is 50.8 Å². The normalized spacial score (nSPS) is 18.7. The molecule has 1 aliphatic carbocycles. The molecule has 3 N–H and O–H groups in total. The van der Waals surface area contributed by atoms with E-state index in [2.05, 4.69) is 10.6 Å². The molecule has 0 heterocycles. The molecular formula is C26H47N2O13PS. The van der Waals surface area contributed by atoms with Crippen LogP contribution in [0, 0.1) is 11.8 Å². The second-order valence-electron chi connectivity index (χ2n) is 9.67. The number of hydrogen-bond donors (Lipinski definition) is 3. The molecule has 1 fully saturated rings. The third-order valence-electron chi connectivity index (χ3n) is 6.07. The Hall–Kier alpha value is -1.78. The summed E-state index contributed by atoms with van der Waals surface area (Å²) < 4.78 is 46.6. The predicted octanol–water partition coefficient (Wildman–Crippen LogP) is 1.99. The minimum absolute atomic E-state index is 0.0470. The lowest BCUT2D eigenvalue weighted by Gasteiger charge is -2.22. The molecule has 4 atom stereocenters. The number of alkyl carbamates (subject to hydrolysis) is 2. The molecule has 1 rings (SSSR count). The van der Waals surface area contributed by atoms with E-state index in [1.807, 2.05) is 0 Å². The number of rotatable bonds is 25. The molecule has 17 heteroatoms. The first-order chi connectivity index (χ1) is 20.6. The smallest absolute Gasteiger partial charge is 0.408 e. The Morgan fingerprint density at radius 3 is 2.19 bits per heavy atom. The molecule has 250 valence electrons. The van der Waals surface area contributed by atoms with Crippen LogP contribution >= 0.6 is 19.4 Å². The Bertz CT molecular complexity index is 876. The van der Waals surface area contributed by atoms with Crippen LogP contribution in [0.1, 0.15) is 32.1 Å². The van der Waals surface area contributed by atoms with Gasteiger partial charge in [0.2, 0.25) is 0 Å². The van der Waals surface area contributed by atoms with Crippen LogP contribution in [0.5, 0.6) is 0 Å². The molecule has 4 unspecified atom stereocenters. The maximum Gasteiger partial charge on any atom is 0.408 e. The van der Waals surface area contributed by atoms with Crippen LogP contribution in [0.4, 0.5) is 9.59 Å². The molecule has 0 saturated heterocycles. The van der Waals surface area contributed by atoms with Crippen molar-refractivity contribution in [3.63, 3.8) is 0 Å². The lowest BCUT2D eigenvalue weighted by atomic mass is 9.90. The van der Waals surface area contributed by atoms with Gasteiger partial charge < -0.3 is 43.2 Å². The van der Waals surface area contributed by atoms with Crippen LogP contribution in [-0.4, -0.2) is 127 Å². The van der Waals surface area contributed by atoms with Gasteiger partial charge in [0.15, 0.2) is 5.78 Å². The number of ketones is 2. The zero-order valence-electron chi connectivity index (χ0n) is 25.2. The maximum atomic E-state index is 13.2. The summed E-state index contributed by atoms with van der Waals surface area (Å²) in [5, 5.41) is 4.39. The molecule has 0 spiro atoms. The summed E-state index contributed by atoms with van der Waals surface area (Å²) in [7, 11) is -0.397. The average Bonchev–Trinajstić information content (AvgIpc) is 3.23. The first kappa shape index (κ1) is 39.2. The second-order valence-corrected chi connectivity index (χ2v) is 12.8. The van der Waals surface area contributed by atoms with Crippen molar-refractivity contribution >= 4 is 43.1 Å². The topological polar surface area (TPSA) is 194 Å². The Labute approximate surface area is 257 Å². The van der Waals surface area contributed by atoms with E-state index in [0.29, 0.717) is 32.0 Å². The van der Waals surface area contributed by atoms with Crippen molar-refractivity contribution < 1.29 is 61.6 Å². The van der Waals surface area contributed by atoms with E-state index in [1.165, 1.54) is 18.9 Å². The Morgan fingerprint density at radius 1 is 0.907 bits per heavy atom. The van der Waals surface area contributed by atoms with E-state index in [1.54, 1.807) is 7.11 Å². The summed E-state index contributed by atoms with van der Waals surface area (Å²) in [5.41, 5.74) is 0. The van der Waals surface area contributed by atoms with Crippen LogP contribution in [-0.2, 0) is 47.1 Å². The maximum absolute atomic E-state index is 13.2. The number of Topliss-reactive ketones (excluding diaryl/α,β-unsaturated/α-hetero) is 2. The number of carbonyl (C=O) groups is 4. The molecule has 0 aromatic rings. The van der Waals surface area contributed by atoms with Crippen molar-refractivity contribution in [2.45, 2.75) is 37.4 Å². The van der Waals surface area contributed by atoms with E-state index in [9.17, 15) is 23.7 Å². The van der Waals surface area contributed by atoms with E-state index in [-0.39, 0.29) is 64.3 Å². The molecule has 43 heavy (non-hydrogen) atoms. The molecule has 15 nitrogen and oxygen atoms in total. The molecular weight excluding hydrogens is 611 g/mol. The van der Waals surface area contributed by atoms with E-state index >= 15 is 0 Å². The molecule has 0 bridgehead atoms. The zero-order valence-corrected chi connectivity index (χ0v) is 27.0. The highest BCUT2D eigenvalue weighted by atomic mass is 32.2. The first-order valence-electron chi connectivity index (χ1n) is 14.2. The van der Waals surface area contributed by atoms with E-state index in [0.717, 1.165) is 25.9 Å². The van der Waals surface area contributed by atoms with Gasteiger partial charge in [-0.25, -0.2) is 9.59 Å². The molecule has 2 amide bonds. The number of nitrogens with one attached hydrogen (secondary N) is 2. The van der Waals surface area contributed by atoms with Crippen LogP contribution in [0.15, 0.2) is 0 Å². The van der Waals surface area contributed by atoms with Gasteiger partial charge in [-0.05, 0) is 18.6 Å². The van der Waals surface area contributed by atoms with Crippen LogP contribution in [0.3, 0.4) is 0 Å². The lowest BCUT2D eigenvalue weighted by molar-refractivity contribution is -0.131. The Balaban J connectivity index is 2.58. The van der Waals surface area contributed by atoms with Gasteiger partial charge >= 0.3 is 19.8 Å². The predicted molar refractivity (Wildman–Crippen MR) is 157 cm³/mol. The lowest BCUT2D eigenvalue weighted by Crippen LogP contribution is -2.38. The molecule has 0 aliphatic heterocycles. The van der Waals surface area contributed by atoms with Crippen LogP contribution in [0.25, 0.3) is 0 Å². The minimum Gasteiger partial charge on any atom is -0.449 e. The highest BCUT2D eigenvalue weighted by Crippen LogP contribution is 2.36. The number of carbonyl (C=O) groups excluding carboxylic acids is 4. The van der Waals surface area contributed by atoms with Gasteiger partial charge in [-0.2, -0.15) is 11.8 Å². The Morgan fingerprint density at radius 2 is 1.53 bits per heavy atom. The molecule has 0 aromatic carbocycles. The minimum atomic E-state index is -3.46. The highest BCUT2D eigenvalue weighted by Gasteiger charge is 2.46. The summed E-state index contributed by atoms with van der Waals surface area (Å²) in [6.07, 6.45) is 1.57. The second kappa shape index (κ2) is 23.6. The monoisotopic (exact) mass is 658 g/mol. The summed E-state index contributed by atoms with van der Waals surface area (Å²) in [5.74, 6) is -1.86. The fourth-order valence-corrected chi connectivity index (χ4v) is 5.64. The molecule has 0 radical (unpaired) electrons. The SMILES string of the molecule is COCCOCCNC(=O)OCC(COC(=O)NCOCCOC)C1C(=O)CC(SCCCCCCOP(C)(=O)O)C1=O. The number of thioether (sulfide) groups is 1. The summed E-state index contributed by atoms with van der Waals surface area (Å²) in [6.45, 7) is 2.45. The van der Waals surface area contributed by atoms with Crippen molar-refractivity contribution in [2.24, 2.45) is 11.8 Å². The van der Waals surface area contributed by atoms with Crippen molar-refractivity contribution in [1.29, 1.82) is 0 Å². The summed E-state index contributed by atoms with van der Waals surface area (Å²) in [4.78, 5) is 59.6. The first-order valence-corrected chi connectivity index (χ1v) is 17.2. The van der Waals surface area contributed by atoms with Gasteiger partial charge in [-0.15, -0.1) is 0 Å². The number of amides is 2. The number of unbranched alkanes of at least 4 members (excludes halogenated alkanes) is 3. The van der Waals surface area contributed by atoms with Gasteiger partial charge in [-0.1, -0.05) is 12.8 Å². The van der Waals surface area contributed by atoms with Crippen LogP contribution in [0.2, 0.25) is 0 Å². The van der Waals surface area contributed by atoms with Gasteiger partial charge in [0.25, 0.3) is 0 Å². The van der Waals surface area contributed by atoms with Gasteiger partial charge in [0, 0.05) is 39.8 Å². The quantitative estimate of drug-likeness (QED) is 0.0558. The van der Waals surface area contributed by atoms with Gasteiger partial charge in [-0.3, -0.25) is 19.5 Å². The third-order valence-corrected chi connectivity index (χ3v) is 8.06. The van der Waals surface area contributed by atoms with Crippen molar-refractivity contribution in [1.82, 2.24) is 10.6 Å². The summed E-state index contributed by atoms with van der Waals surface area (Å²) in [6, 6.07) is 0. The number of methoxy groups -OCH3 is 2. The van der Waals surface area contributed by atoms with Crippen molar-refractivity contribution in [3.8, 4) is 0 Å². The molecule has 1 saturated carbocycles.